The van der Waals surface area contributed by atoms with Crippen molar-refractivity contribution in [2.45, 2.75) is 0 Å². The Hall–Kier alpha value is -2.07. The number of aliphatic imine (C=N–C) groups is 1. The van der Waals surface area contributed by atoms with Crippen LogP contribution in [0.25, 0.3) is 0 Å². The summed E-state index contributed by atoms with van der Waals surface area (Å²) < 4.78 is 10.8. The first-order valence-electron chi connectivity index (χ1n) is 5.33. The number of pyridine rings is 1. The summed E-state index contributed by atoms with van der Waals surface area (Å²) >= 11 is 6.18. The van der Waals surface area contributed by atoms with Crippen LogP contribution < -0.4 is 9.47 Å². The van der Waals surface area contributed by atoms with Crippen LogP contribution in [0.3, 0.4) is 0 Å². The lowest BCUT2D eigenvalue weighted by atomic mass is 10.3. The van der Waals surface area contributed by atoms with E-state index in [2.05, 4.69) is 9.98 Å². The minimum absolute atomic E-state index is 0.335. The number of fused-ring (bicyclic) bond motifs is 2. The second-order valence-electron chi connectivity index (χ2n) is 3.70. The first kappa shape index (κ1) is 11.0. The van der Waals surface area contributed by atoms with Gasteiger partial charge in [-0.1, -0.05) is 23.7 Å². The van der Waals surface area contributed by atoms with E-state index in [1.54, 1.807) is 19.4 Å². The Bertz CT molecular complexity index is 641. The molecule has 1 aromatic carbocycles. The molecule has 2 aromatic rings. The molecule has 0 radical (unpaired) electrons. The van der Waals surface area contributed by atoms with Gasteiger partial charge in [0.05, 0.1) is 18.9 Å². The summed E-state index contributed by atoms with van der Waals surface area (Å²) in [5.74, 6) is 1.67. The maximum atomic E-state index is 6.18. The van der Waals surface area contributed by atoms with Crippen LogP contribution in [-0.4, -0.2) is 17.3 Å². The number of hydrogen-bond acceptors (Lipinski definition) is 4. The molecule has 0 fully saturated rings. The second kappa shape index (κ2) is 4.31. The van der Waals surface area contributed by atoms with Crippen molar-refractivity contribution >= 4 is 22.5 Å². The van der Waals surface area contributed by atoms with E-state index in [-0.39, 0.29) is 0 Å². The van der Waals surface area contributed by atoms with Crippen LogP contribution in [0.2, 0.25) is 0 Å². The fraction of sp³-hybridized carbons (Fsp3) is 0.0769. The minimum atomic E-state index is 0.335. The summed E-state index contributed by atoms with van der Waals surface area (Å²) in [7, 11) is 1.57. The summed E-state index contributed by atoms with van der Waals surface area (Å²) in [6.07, 6.45) is 1.58. The monoisotopic (exact) mass is 260 g/mol. The van der Waals surface area contributed by atoms with Gasteiger partial charge in [0.25, 0.3) is 0 Å². The van der Waals surface area contributed by atoms with Crippen molar-refractivity contribution in [3.8, 4) is 17.4 Å². The van der Waals surface area contributed by atoms with Crippen molar-refractivity contribution in [1.29, 1.82) is 0 Å². The molecule has 2 heterocycles. The Labute approximate surface area is 109 Å². The normalized spacial score (nSPS) is 12.7. The Morgan fingerprint density at radius 3 is 2.94 bits per heavy atom. The molecular weight excluding hydrogens is 252 g/mol. The molecule has 0 N–H and O–H groups in total. The second-order valence-corrected chi connectivity index (χ2v) is 4.06. The van der Waals surface area contributed by atoms with Gasteiger partial charge >= 0.3 is 0 Å². The number of methoxy groups -OCH3 is 1. The third-order valence-corrected chi connectivity index (χ3v) is 2.86. The van der Waals surface area contributed by atoms with Crippen LogP contribution in [0, 0.1) is 0 Å². The highest BCUT2D eigenvalue weighted by atomic mass is 35.5. The van der Waals surface area contributed by atoms with Gasteiger partial charge < -0.3 is 9.47 Å². The third-order valence-electron chi connectivity index (χ3n) is 2.57. The van der Waals surface area contributed by atoms with Crippen LogP contribution in [0.15, 0.2) is 41.5 Å². The quantitative estimate of drug-likeness (QED) is 0.788. The van der Waals surface area contributed by atoms with E-state index in [9.17, 15) is 0 Å². The maximum Gasteiger partial charge on any atom is 0.229 e. The molecule has 1 aromatic heterocycles. The molecule has 3 rings (SSSR count). The van der Waals surface area contributed by atoms with Gasteiger partial charge in [-0.25, -0.2) is 9.98 Å². The van der Waals surface area contributed by atoms with Gasteiger partial charge in [-0.05, 0) is 18.2 Å². The smallest absolute Gasteiger partial charge is 0.229 e. The highest BCUT2D eigenvalue weighted by Gasteiger charge is 2.18. The number of nitrogens with zero attached hydrogens (tertiary/aromatic N) is 2. The molecule has 4 nitrogen and oxygen atoms in total. The molecule has 18 heavy (non-hydrogen) atoms. The van der Waals surface area contributed by atoms with Gasteiger partial charge in [0.1, 0.15) is 16.6 Å². The SMILES string of the molecule is COc1cnc2c(c1)C(Cl)=Nc1ccccc1O2. The van der Waals surface area contributed by atoms with E-state index < -0.39 is 0 Å². The molecule has 0 spiro atoms. The van der Waals surface area contributed by atoms with Gasteiger partial charge in [-0.3, -0.25) is 0 Å². The van der Waals surface area contributed by atoms with E-state index in [4.69, 9.17) is 21.1 Å². The Morgan fingerprint density at radius 2 is 2.11 bits per heavy atom. The molecular formula is C13H9ClN2O2. The van der Waals surface area contributed by atoms with Gasteiger partial charge in [-0.2, -0.15) is 0 Å². The molecule has 0 aliphatic carbocycles. The van der Waals surface area contributed by atoms with Gasteiger partial charge in [0.2, 0.25) is 5.88 Å². The zero-order chi connectivity index (χ0) is 12.5. The molecule has 0 amide bonds. The van der Waals surface area contributed by atoms with Crippen LogP contribution in [0.4, 0.5) is 5.69 Å². The van der Waals surface area contributed by atoms with Gasteiger partial charge in [-0.15, -0.1) is 0 Å². The number of halogens is 1. The number of benzene rings is 1. The topological polar surface area (TPSA) is 43.7 Å². The Morgan fingerprint density at radius 1 is 1.28 bits per heavy atom. The number of para-hydroxylation sites is 2. The number of rotatable bonds is 1. The van der Waals surface area contributed by atoms with Gasteiger partial charge in [0.15, 0.2) is 5.75 Å². The number of ether oxygens (including phenoxy) is 2. The van der Waals surface area contributed by atoms with Crippen molar-refractivity contribution in [2.75, 3.05) is 7.11 Å². The molecule has 0 saturated heterocycles. The van der Waals surface area contributed by atoms with E-state index in [1.807, 2.05) is 24.3 Å². The van der Waals surface area contributed by atoms with Crippen molar-refractivity contribution in [2.24, 2.45) is 4.99 Å². The highest BCUT2D eigenvalue weighted by Crippen LogP contribution is 2.37. The van der Waals surface area contributed by atoms with Crippen molar-refractivity contribution in [1.82, 2.24) is 4.98 Å². The lowest BCUT2D eigenvalue weighted by Gasteiger charge is -2.07. The van der Waals surface area contributed by atoms with E-state index in [0.29, 0.717) is 33.8 Å². The van der Waals surface area contributed by atoms with Crippen LogP contribution in [0.5, 0.6) is 17.4 Å². The van der Waals surface area contributed by atoms with E-state index in [1.165, 1.54) is 0 Å². The van der Waals surface area contributed by atoms with Crippen molar-refractivity contribution in [3.63, 3.8) is 0 Å². The molecule has 0 bridgehead atoms. The highest BCUT2D eigenvalue weighted by molar-refractivity contribution is 6.70. The summed E-state index contributed by atoms with van der Waals surface area (Å²) in [4.78, 5) is 8.50. The lowest BCUT2D eigenvalue weighted by Crippen LogP contribution is -1.97. The standard InChI is InChI=1S/C13H9ClN2O2/c1-17-8-6-9-12(14)16-10-4-2-3-5-11(10)18-13(9)15-7-8/h2-7H,1H3. The van der Waals surface area contributed by atoms with Crippen molar-refractivity contribution in [3.05, 3.63) is 42.1 Å². The molecule has 90 valence electrons. The van der Waals surface area contributed by atoms with Crippen LogP contribution in [0.1, 0.15) is 5.56 Å². The van der Waals surface area contributed by atoms with E-state index >= 15 is 0 Å². The summed E-state index contributed by atoms with van der Waals surface area (Å²) in [5, 5.41) is 0.335. The van der Waals surface area contributed by atoms with Crippen LogP contribution >= 0.6 is 11.6 Å². The molecule has 0 saturated carbocycles. The van der Waals surface area contributed by atoms with Crippen molar-refractivity contribution < 1.29 is 9.47 Å². The van der Waals surface area contributed by atoms with E-state index in [0.717, 1.165) is 0 Å². The number of aromatic nitrogens is 1. The minimum Gasteiger partial charge on any atom is -0.495 e. The molecule has 0 unspecified atom stereocenters. The van der Waals surface area contributed by atoms with Gasteiger partial charge in [0, 0.05) is 0 Å². The zero-order valence-corrected chi connectivity index (χ0v) is 10.3. The average Bonchev–Trinajstić information content (AvgIpc) is 2.54. The average molecular weight is 261 g/mol. The Kier molecular flexibility index (Phi) is 2.64. The molecule has 1 aliphatic rings. The largest absolute Gasteiger partial charge is 0.495 e. The maximum absolute atomic E-state index is 6.18. The fourth-order valence-corrected chi connectivity index (χ4v) is 1.91. The predicted molar refractivity (Wildman–Crippen MR) is 69.4 cm³/mol. The first-order chi connectivity index (χ1) is 8.78. The summed E-state index contributed by atoms with van der Waals surface area (Å²) in [6.45, 7) is 0. The molecule has 0 atom stereocenters. The predicted octanol–water partition coefficient (Wildman–Crippen LogP) is 3.51. The third kappa shape index (κ3) is 1.80. The summed E-state index contributed by atoms with van der Waals surface area (Å²) in [6, 6.07) is 9.15. The first-order valence-corrected chi connectivity index (χ1v) is 5.71. The molecule has 1 aliphatic heterocycles. The number of hydrogen-bond donors (Lipinski definition) is 0. The zero-order valence-electron chi connectivity index (χ0n) is 9.55. The lowest BCUT2D eigenvalue weighted by molar-refractivity contribution is 0.408. The molecule has 5 heteroatoms. The fourth-order valence-electron chi connectivity index (χ4n) is 1.68. The Balaban J connectivity index is 2.19. The van der Waals surface area contributed by atoms with Crippen LogP contribution in [-0.2, 0) is 0 Å². The summed E-state index contributed by atoms with van der Waals surface area (Å²) in [5.41, 5.74) is 1.30.